The molecule has 0 aliphatic heterocycles. The third-order valence-corrected chi connectivity index (χ3v) is 1.12. The predicted octanol–water partition coefficient (Wildman–Crippen LogP) is 1.90. The monoisotopic (exact) mass is 108 g/mol. The number of rotatable bonds is 1. The van der Waals surface area contributed by atoms with E-state index in [1.54, 1.807) is 0 Å². The lowest BCUT2D eigenvalue weighted by atomic mass is 10.1. The SMILES string of the molecule is N=NC1C=CC=CC1. The summed E-state index contributed by atoms with van der Waals surface area (Å²) in [6.45, 7) is 0. The molecule has 0 saturated heterocycles. The molecule has 42 valence electrons. The van der Waals surface area contributed by atoms with E-state index in [4.69, 9.17) is 5.53 Å². The van der Waals surface area contributed by atoms with Crippen LogP contribution in [0.5, 0.6) is 0 Å². The number of nitrogens with zero attached hydrogens (tertiary/aromatic N) is 1. The van der Waals surface area contributed by atoms with E-state index in [1.165, 1.54) is 0 Å². The van der Waals surface area contributed by atoms with Crippen LogP contribution >= 0.6 is 0 Å². The van der Waals surface area contributed by atoms with Gasteiger partial charge in [0.1, 0.15) is 0 Å². The molecule has 0 saturated carbocycles. The van der Waals surface area contributed by atoms with Gasteiger partial charge in [-0.15, -0.1) is 0 Å². The largest absolute Gasteiger partial charge is 0.209 e. The second-order valence-electron chi connectivity index (χ2n) is 1.75. The smallest absolute Gasteiger partial charge is 0.0923 e. The van der Waals surface area contributed by atoms with E-state index in [2.05, 4.69) is 5.11 Å². The molecular weight excluding hydrogens is 100 g/mol. The fourth-order valence-electron chi connectivity index (χ4n) is 0.663. The first-order chi connectivity index (χ1) is 3.93. The zero-order valence-electron chi connectivity index (χ0n) is 4.54. The van der Waals surface area contributed by atoms with Crippen molar-refractivity contribution < 1.29 is 0 Å². The molecular formula is C6H8N2. The van der Waals surface area contributed by atoms with Crippen molar-refractivity contribution in [2.45, 2.75) is 12.5 Å². The second-order valence-corrected chi connectivity index (χ2v) is 1.75. The Morgan fingerprint density at radius 2 is 2.38 bits per heavy atom. The summed E-state index contributed by atoms with van der Waals surface area (Å²) < 4.78 is 0. The van der Waals surface area contributed by atoms with Crippen LogP contribution in [0, 0.1) is 5.53 Å². The molecule has 1 unspecified atom stereocenters. The molecule has 2 heteroatoms. The van der Waals surface area contributed by atoms with Crippen molar-refractivity contribution in [1.82, 2.24) is 0 Å². The minimum Gasteiger partial charge on any atom is -0.209 e. The molecule has 1 rings (SSSR count). The summed E-state index contributed by atoms with van der Waals surface area (Å²) in [5.41, 5.74) is 6.64. The average Bonchev–Trinajstić information content (AvgIpc) is 1.90. The summed E-state index contributed by atoms with van der Waals surface area (Å²) in [7, 11) is 0. The van der Waals surface area contributed by atoms with Gasteiger partial charge in [-0.3, -0.25) is 0 Å². The van der Waals surface area contributed by atoms with E-state index in [9.17, 15) is 0 Å². The third-order valence-electron chi connectivity index (χ3n) is 1.12. The van der Waals surface area contributed by atoms with Crippen LogP contribution in [0.2, 0.25) is 0 Å². The van der Waals surface area contributed by atoms with E-state index in [0.29, 0.717) is 0 Å². The quantitative estimate of drug-likeness (QED) is 0.498. The van der Waals surface area contributed by atoms with Gasteiger partial charge >= 0.3 is 0 Å². The standard InChI is InChI=1S/C6H8N2/c7-8-6-4-2-1-3-5-6/h1-4,6-7H,5H2. The van der Waals surface area contributed by atoms with Crippen molar-refractivity contribution in [2.75, 3.05) is 0 Å². The molecule has 0 radical (unpaired) electrons. The van der Waals surface area contributed by atoms with Crippen LogP contribution in [0.4, 0.5) is 0 Å². The Kier molecular flexibility index (Phi) is 1.57. The molecule has 2 nitrogen and oxygen atoms in total. The van der Waals surface area contributed by atoms with Gasteiger partial charge in [0, 0.05) is 0 Å². The molecule has 0 amide bonds. The molecule has 0 bridgehead atoms. The van der Waals surface area contributed by atoms with Crippen LogP contribution in [0.15, 0.2) is 29.4 Å². The topological polar surface area (TPSA) is 36.2 Å². The second kappa shape index (κ2) is 2.40. The van der Waals surface area contributed by atoms with Crippen molar-refractivity contribution in [1.29, 1.82) is 5.53 Å². The van der Waals surface area contributed by atoms with Crippen LogP contribution in [0.1, 0.15) is 6.42 Å². The Labute approximate surface area is 48.4 Å². The molecule has 0 fully saturated rings. The Balaban J connectivity index is 2.51. The first kappa shape index (κ1) is 5.22. The highest BCUT2D eigenvalue weighted by Gasteiger charge is 1.98. The van der Waals surface area contributed by atoms with Crippen molar-refractivity contribution in [3.63, 3.8) is 0 Å². The lowest BCUT2D eigenvalue weighted by Gasteiger charge is -2.02. The maximum Gasteiger partial charge on any atom is 0.0923 e. The minimum atomic E-state index is 0.111. The normalized spacial score (nSPS) is 25.8. The lowest BCUT2D eigenvalue weighted by Crippen LogP contribution is -1.97. The molecule has 0 aromatic heterocycles. The van der Waals surface area contributed by atoms with Crippen molar-refractivity contribution in [2.24, 2.45) is 5.11 Å². The number of allylic oxidation sites excluding steroid dienone is 2. The molecule has 0 aromatic rings. The Hall–Kier alpha value is -0.920. The molecule has 0 aromatic carbocycles. The van der Waals surface area contributed by atoms with E-state index < -0.39 is 0 Å². The maximum atomic E-state index is 6.64. The van der Waals surface area contributed by atoms with E-state index in [-0.39, 0.29) is 6.04 Å². The van der Waals surface area contributed by atoms with Crippen molar-refractivity contribution >= 4 is 0 Å². The van der Waals surface area contributed by atoms with Crippen LogP contribution in [0.3, 0.4) is 0 Å². The van der Waals surface area contributed by atoms with Crippen LogP contribution in [-0.4, -0.2) is 6.04 Å². The average molecular weight is 108 g/mol. The fourth-order valence-corrected chi connectivity index (χ4v) is 0.663. The molecule has 0 heterocycles. The lowest BCUT2D eigenvalue weighted by molar-refractivity contribution is 0.748. The highest BCUT2D eigenvalue weighted by atomic mass is 15.0. The highest BCUT2D eigenvalue weighted by Crippen LogP contribution is 2.05. The zero-order chi connectivity index (χ0) is 5.82. The highest BCUT2D eigenvalue weighted by molar-refractivity contribution is 5.13. The Bertz CT molecular complexity index is 135. The van der Waals surface area contributed by atoms with Crippen molar-refractivity contribution in [3.05, 3.63) is 24.3 Å². The molecule has 0 spiro atoms. The van der Waals surface area contributed by atoms with Gasteiger partial charge < -0.3 is 0 Å². The van der Waals surface area contributed by atoms with Gasteiger partial charge in [0.05, 0.1) is 6.04 Å². The first-order valence-electron chi connectivity index (χ1n) is 2.63. The fraction of sp³-hybridized carbons (Fsp3) is 0.333. The van der Waals surface area contributed by atoms with E-state index in [0.717, 1.165) is 6.42 Å². The molecule has 1 aliphatic carbocycles. The van der Waals surface area contributed by atoms with Gasteiger partial charge in [-0.2, -0.15) is 5.11 Å². The number of hydrogen-bond acceptors (Lipinski definition) is 2. The third kappa shape index (κ3) is 1.03. The van der Waals surface area contributed by atoms with Crippen LogP contribution < -0.4 is 0 Å². The molecule has 1 N–H and O–H groups in total. The van der Waals surface area contributed by atoms with Crippen molar-refractivity contribution in [3.8, 4) is 0 Å². The van der Waals surface area contributed by atoms with Gasteiger partial charge in [0.25, 0.3) is 0 Å². The zero-order valence-corrected chi connectivity index (χ0v) is 4.54. The molecule has 1 atom stereocenters. The van der Waals surface area contributed by atoms with Gasteiger partial charge in [0.15, 0.2) is 0 Å². The molecule has 8 heavy (non-hydrogen) atoms. The Morgan fingerprint density at radius 1 is 1.50 bits per heavy atom. The summed E-state index contributed by atoms with van der Waals surface area (Å²) in [4.78, 5) is 0. The number of hydrogen-bond donors (Lipinski definition) is 1. The molecule has 1 aliphatic rings. The maximum absolute atomic E-state index is 6.64. The van der Waals surface area contributed by atoms with Crippen LogP contribution in [0.25, 0.3) is 0 Å². The van der Waals surface area contributed by atoms with E-state index in [1.807, 2.05) is 24.3 Å². The Morgan fingerprint density at radius 3 is 2.75 bits per heavy atom. The predicted molar refractivity (Wildman–Crippen MR) is 31.8 cm³/mol. The minimum absolute atomic E-state index is 0.111. The van der Waals surface area contributed by atoms with Crippen LogP contribution in [-0.2, 0) is 0 Å². The summed E-state index contributed by atoms with van der Waals surface area (Å²) in [5.74, 6) is 0. The first-order valence-corrected chi connectivity index (χ1v) is 2.63. The van der Waals surface area contributed by atoms with E-state index >= 15 is 0 Å². The van der Waals surface area contributed by atoms with Gasteiger partial charge in [-0.1, -0.05) is 24.3 Å². The summed E-state index contributed by atoms with van der Waals surface area (Å²) >= 11 is 0. The number of nitrogens with one attached hydrogen (secondary N) is 1. The summed E-state index contributed by atoms with van der Waals surface area (Å²) in [6.07, 6.45) is 8.73. The van der Waals surface area contributed by atoms with Gasteiger partial charge in [-0.05, 0) is 6.42 Å². The van der Waals surface area contributed by atoms with Gasteiger partial charge in [-0.25, -0.2) is 5.53 Å². The van der Waals surface area contributed by atoms with Gasteiger partial charge in [0.2, 0.25) is 0 Å². The summed E-state index contributed by atoms with van der Waals surface area (Å²) in [6, 6.07) is 0.111. The summed E-state index contributed by atoms with van der Waals surface area (Å²) in [5, 5.41) is 3.36.